The number of carbonyl (C=O) groups is 4. The summed E-state index contributed by atoms with van der Waals surface area (Å²) < 4.78 is 10.5. The standard InChI is InChI=1S/C22H20N2O6/c1-13(20(27)15-8-10-17(11-9-15)23-14(2)25)30-22(28)19-18(26)12-29-21(19)24-16-6-4-3-5-7-16/h3-11,13,24H,12H2,1-2H3,(H,23,25)/t13-/m0/s1. The summed E-state index contributed by atoms with van der Waals surface area (Å²) in [7, 11) is 0. The van der Waals surface area contributed by atoms with E-state index in [1.54, 1.807) is 36.4 Å². The predicted molar refractivity (Wildman–Crippen MR) is 109 cm³/mol. The molecular formula is C22H20N2O6. The maximum atomic E-state index is 12.6. The number of ketones is 2. The molecule has 1 heterocycles. The predicted octanol–water partition coefficient (Wildman–Crippen LogP) is 2.68. The van der Waals surface area contributed by atoms with Gasteiger partial charge in [0, 0.05) is 23.9 Å². The van der Waals surface area contributed by atoms with Crippen molar-refractivity contribution in [1.29, 1.82) is 0 Å². The molecule has 30 heavy (non-hydrogen) atoms. The highest BCUT2D eigenvalue weighted by Crippen LogP contribution is 2.21. The summed E-state index contributed by atoms with van der Waals surface area (Å²) in [5, 5.41) is 5.47. The molecule has 0 bridgehead atoms. The van der Waals surface area contributed by atoms with E-state index >= 15 is 0 Å². The lowest BCUT2D eigenvalue weighted by atomic mass is 10.1. The van der Waals surface area contributed by atoms with Crippen LogP contribution in [0.25, 0.3) is 0 Å². The fraction of sp³-hybridized carbons (Fsp3) is 0.182. The summed E-state index contributed by atoms with van der Waals surface area (Å²) in [5.74, 6) is -2.14. The number of carbonyl (C=O) groups excluding carboxylic acids is 4. The zero-order chi connectivity index (χ0) is 21.7. The van der Waals surface area contributed by atoms with E-state index in [0.29, 0.717) is 16.9 Å². The van der Waals surface area contributed by atoms with E-state index in [1.165, 1.54) is 26.0 Å². The normalized spacial score (nSPS) is 14.0. The Labute approximate surface area is 172 Å². The summed E-state index contributed by atoms with van der Waals surface area (Å²) >= 11 is 0. The Morgan fingerprint density at radius 1 is 1.00 bits per heavy atom. The molecule has 0 aliphatic carbocycles. The van der Waals surface area contributed by atoms with Gasteiger partial charge in [0.1, 0.15) is 0 Å². The largest absolute Gasteiger partial charge is 0.470 e. The van der Waals surface area contributed by atoms with E-state index in [1.807, 2.05) is 6.07 Å². The molecule has 0 aromatic heterocycles. The second-order valence-corrected chi connectivity index (χ2v) is 6.58. The average Bonchev–Trinajstić information content (AvgIpc) is 3.08. The van der Waals surface area contributed by atoms with Crippen LogP contribution in [-0.4, -0.2) is 36.2 Å². The van der Waals surface area contributed by atoms with Gasteiger partial charge in [0.15, 0.2) is 18.3 Å². The van der Waals surface area contributed by atoms with Crippen molar-refractivity contribution >= 4 is 34.8 Å². The van der Waals surface area contributed by atoms with Crippen LogP contribution < -0.4 is 10.6 Å². The quantitative estimate of drug-likeness (QED) is 0.412. The molecule has 154 valence electrons. The summed E-state index contributed by atoms with van der Waals surface area (Å²) in [5.41, 5.74) is 1.21. The van der Waals surface area contributed by atoms with Crippen molar-refractivity contribution in [2.75, 3.05) is 17.2 Å². The number of nitrogens with one attached hydrogen (secondary N) is 2. The highest BCUT2D eigenvalue weighted by molar-refractivity contribution is 6.20. The van der Waals surface area contributed by atoms with Gasteiger partial charge in [-0.3, -0.25) is 14.4 Å². The molecule has 0 saturated heterocycles. The first-order chi connectivity index (χ1) is 14.3. The summed E-state index contributed by atoms with van der Waals surface area (Å²) in [6, 6.07) is 15.1. The monoisotopic (exact) mass is 408 g/mol. The first kappa shape index (κ1) is 20.8. The van der Waals surface area contributed by atoms with Gasteiger partial charge >= 0.3 is 5.97 Å². The van der Waals surface area contributed by atoms with Gasteiger partial charge < -0.3 is 20.1 Å². The van der Waals surface area contributed by atoms with E-state index in [4.69, 9.17) is 9.47 Å². The average molecular weight is 408 g/mol. The van der Waals surface area contributed by atoms with Crippen LogP contribution in [0, 0.1) is 0 Å². The Balaban J connectivity index is 1.70. The zero-order valence-electron chi connectivity index (χ0n) is 16.4. The topological polar surface area (TPSA) is 111 Å². The van der Waals surface area contributed by atoms with Crippen molar-refractivity contribution in [1.82, 2.24) is 0 Å². The van der Waals surface area contributed by atoms with E-state index < -0.39 is 23.6 Å². The van der Waals surface area contributed by atoms with Crippen LogP contribution in [0.2, 0.25) is 0 Å². The van der Waals surface area contributed by atoms with Gasteiger partial charge in [-0.15, -0.1) is 0 Å². The van der Waals surface area contributed by atoms with Crippen LogP contribution in [0.1, 0.15) is 24.2 Å². The van der Waals surface area contributed by atoms with Crippen molar-refractivity contribution in [2.24, 2.45) is 0 Å². The molecule has 1 amide bonds. The number of para-hydroxylation sites is 1. The minimum absolute atomic E-state index is 0.00416. The molecule has 2 aromatic carbocycles. The van der Waals surface area contributed by atoms with E-state index in [-0.39, 0.29) is 24.0 Å². The minimum atomic E-state index is -1.12. The van der Waals surface area contributed by atoms with Gasteiger partial charge in [-0.25, -0.2) is 4.79 Å². The van der Waals surface area contributed by atoms with Crippen molar-refractivity contribution in [3.8, 4) is 0 Å². The van der Waals surface area contributed by atoms with Crippen molar-refractivity contribution in [3.63, 3.8) is 0 Å². The lowest BCUT2D eigenvalue weighted by Gasteiger charge is -2.13. The van der Waals surface area contributed by atoms with Crippen molar-refractivity contribution in [2.45, 2.75) is 20.0 Å². The molecule has 1 aliphatic rings. The molecule has 2 aromatic rings. The van der Waals surface area contributed by atoms with Crippen LogP contribution in [-0.2, 0) is 23.9 Å². The number of rotatable bonds is 7. The number of hydrogen-bond acceptors (Lipinski definition) is 7. The first-order valence-electron chi connectivity index (χ1n) is 9.20. The molecule has 2 N–H and O–H groups in total. The van der Waals surface area contributed by atoms with Gasteiger partial charge in [0.2, 0.25) is 23.4 Å². The maximum Gasteiger partial charge on any atom is 0.348 e. The Kier molecular flexibility index (Phi) is 6.26. The first-order valence-corrected chi connectivity index (χ1v) is 9.20. The van der Waals surface area contributed by atoms with E-state index in [0.717, 1.165) is 0 Å². The molecule has 0 spiro atoms. The smallest absolute Gasteiger partial charge is 0.348 e. The second kappa shape index (κ2) is 9.04. The molecule has 8 nitrogen and oxygen atoms in total. The SMILES string of the molecule is CC(=O)Nc1ccc(C(=O)[C@H](C)OC(=O)C2=C(Nc3ccccc3)OCC2=O)cc1. The van der Waals surface area contributed by atoms with Crippen LogP contribution >= 0.6 is 0 Å². The lowest BCUT2D eigenvalue weighted by Crippen LogP contribution is -2.27. The lowest BCUT2D eigenvalue weighted by molar-refractivity contribution is -0.142. The van der Waals surface area contributed by atoms with Gasteiger partial charge in [0.25, 0.3) is 0 Å². The van der Waals surface area contributed by atoms with Gasteiger partial charge in [0.05, 0.1) is 0 Å². The molecule has 8 heteroatoms. The van der Waals surface area contributed by atoms with Gasteiger partial charge in [-0.2, -0.15) is 0 Å². The third-order valence-electron chi connectivity index (χ3n) is 4.23. The van der Waals surface area contributed by atoms with Gasteiger partial charge in [-0.05, 0) is 43.3 Å². The fourth-order valence-electron chi connectivity index (χ4n) is 2.80. The number of amides is 1. The molecule has 3 rings (SSSR count). The van der Waals surface area contributed by atoms with Crippen molar-refractivity contribution in [3.05, 3.63) is 71.6 Å². The van der Waals surface area contributed by atoms with Crippen LogP contribution in [0.3, 0.4) is 0 Å². The number of Topliss-reactive ketones (excluding diaryl/α,β-unsaturated/α-hetero) is 2. The van der Waals surface area contributed by atoms with Crippen LogP contribution in [0.15, 0.2) is 66.1 Å². The highest BCUT2D eigenvalue weighted by Gasteiger charge is 2.34. The van der Waals surface area contributed by atoms with E-state index in [2.05, 4.69) is 10.6 Å². The summed E-state index contributed by atoms with van der Waals surface area (Å²) in [6.07, 6.45) is -1.12. The third kappa shape index (κ3) is 4.91. The van der Waals surface area contributed by atoms with E-state index in [9.17, 15) is 19.2 Å². The Morgan fingerprint density at radius 2 is 1.67 bits per heavy atom. The number of benzene rings is 2. The Morgan fingerprint density at radius 3 is 2.30 bits per heavy atom. The van der Waals surface area contributed by atoms with Crippen molar-refractivity contribution < 1.29 is 28.7 Å². The molecule has 0 radical (unpaired) electrons. The van der Waals surface area contributed by atoms with Gasteiger partial charge in [-0.1, -0.05) is 18.2 Å². The number of anilines is 2. The molecule has 1 atom stereocenters. The molecule has 0 fully saturated rings. The molecule has 1 aliphatic heterocycles. The number of ether oxygens (including phenoxy) is 2. The maximum absolute atomic E-state index is 12.6. The molecule has 0 saturated carbocycles. The summed E-state index contributed by atoms with van der Waals surface area (Å²) in [4.78, 5) is 48.3. The zero-order valence-corrected chi connectivity index (χ0v) is 16.4. The minimum Gasteiger partial charge on any atom is -0.470 e. The Hall–Kier alpha value is -3.94. The number of esters is 1. The molecule has 0 unspecified atom stereocenters. The third-order valence-corrected chi connectivity index (χ3v) is 4.23. The second-order valence-electron chi connectivity index (χ2n) is 6.58. The Bertz CT molecular complexity index is 1010. The number of hydrogen-bond donors (Lipinski definition) is 2. The highest BCUT2D eigenvalue weighted by atomic mass is 16.6. The fourth-order valence-corrected chi connectivity index (χ4v) is 2.80. The summed E-state index contributed by atoms with van der Waals surface area (Å²) in [6.45, 7) is 2.52. The van der Waals surface area contributed by atoms with Crippen LogP contribution in [0.4, 0.5) is 11.4 Å². The van der Waals surface area contributed by atoms with Crippen LogP contribution in [0.5, 0.6) is 0 Å². The molecular weight excluding hydrogens is 388 g/mol.